The Hall–Kier alpha value is -2.09. The number of hydrogen-bond acceptors (Lipinski definition) is 3. The molecule has 2 amide bonds. The summed E-state index contributed by atoms with van der Waals surface area (Å²) in [6, 6.07) is 4.86. The Morgan fingerprint density at radius 3 is 2.40 bits per heavy atom. The first-order valence-corrected chi connectivity index (χ1v) is 6.46. The number of urea groups is 1. The highest BCUT2D eigenvalue weighted by Crippen LogP contribution is 2.20. The van der Waals surface area contributed by atoms with Crippen molar-refractivity contribution in [3.05, 3.63) is 28.7 Å². The van der Waals surface area contributed by atoms with Crippen LogP contribution in [0.15, 0.2) is 28.7 Å². The molecule has 0 radical (unpaired) electrons. The molecule has 20 heavy (non-hydrogen) atoms. The molecule has 7 nitrogen and oxygen atoms in total. The molecule has 1 rings (SSSR count). The zero-order valence-corrected chi connectivity index (χ0v) is 11.9. The predicted octanol–water partition coefficient (Wildman–Crippen LogP) is 1.89. The molecule has 1 atom stereocenters. The van der Waals surface area contributed by atoms with Crippen molar-refractivity contribution in [2.75, 3.05) is 5.32 Å². The molecule has 108 valence electrons. The summed E-state index contributed by atoms with van der Waals surface area (Å²) >= 11 is 3.23. The van der Waals surface area contributed by atoms with Gasteiger partial charge in [0.2, 0.25) is 0 Å². The van der Waals surface area contributed by atoms with Crippen molar-refractivity contribution >= 4 is 39.6 Å². The Labute approximate surface area is 123 Å². The number of carboxylic acid groups (broad SMARTS) is 2. The number of halogens is 1. The molecule has 4 N–H and O–H groups in total. The molecular formula is C12H13BrN2O5. The first kappa shape index (κ1) is 16.0. The highest BCUT2D eigenvalue weighted by atomic mass is 79.9. The van der Waals surface area contributed by atoms with Crippen LogP contribution in [0.3, 0.4) is 0 Å². The normalized spacial score (nSPS) is 11.4. The van der Waals surface area contributed by atoms with E-state index in [9.17, 15) is 14.4 Å². The van der Waals surface area contributed by atoms with E-state index < -0.39 is 24.0 Å². The van der Waals surface area contributed by atoms with Gasteiger partial charge in [0.15, 0.2) is 0 Å². The Morgan fingerprint density at radius 2 is 1.85 bits per heavy atom. The number of aliphatic carboxylic acids is 2. The number of hydrogen-bond donors (Lipinski definition) is 4. The number of carbonyl (C=O) groups excluding carboxylic acids is 1. The summed E-state index contributed by atoms with van der Waals surface area (Å²) in [5.41, 5.74) is 0.479. The van der Waals surface area contributed by atoms with Gasteiger partial charge in [0.25, 0.3) is 0 Å². The van der Waals surface area contributed by atoms with E-state index >= 15 is 0 Å². The summed E-state index contributed by atoms with van der Waals surface area (Å²) in [4.78, 5) is 33.0. The van der Waals surface area contributed by atoms with Crippen LogP contribution in [-0.2, 0) is 9.59 Å². The molecule has 0 aliphatic carbocycles. The fraction of sp³-hybridized carbons (Fsp3) is 0.250. The van der Waals surface area contributed by atoms with Crippen molar-refractivity contribution in [3.8, 4) is 0 Å². The van der Waals surface area contributed by atoms with E-state index in [-0.39, 0.29) is 12.8 Å². The van der Waals surface area contributed by atoms with Gasteiger partial charge in [0.1, 0.15) is 6.04 Å². The number of amides is 2. The van der Waals surface area contributed by atoms with Crippen molar-refractivity contribution < 1.29 is 24.6 Å². The highest BCUT2D eigenvalue weighted by molar-refractivity contribution is 9.10. The van der Waals surface area contributed by atoms with Crippen LogP contribution in [0.5, 0.6) is 0 Å². The summed E-state index contributed by atoms with van der Waals surface area (Å²) in [7, 11) is 0. The minimum Gasteiger partial charge on any atom is -0.481 e. The van der Waals surface area contributed by atoms with E-state index in [4.69, 9.17) is 10.2 Å². The van der Waals surface area contributed by atoms with E-state index in [0.29, 0.717) is 10.2 Å². The minimum absolute atomic E-state index is 0.186. The van der Waals surface area contributed by atoms with Crippen LogP contribution in [0, 0.1) is 0 Å². The van der Waals surface area contributed by atoms with Gasteiger partial charge in [-0.15, -0.1) is 0 Å². The van der Waals surface area contributed by atoms with Crippen molar-refractivity contribution in [2.24, 2.45) is 0 Å². The third kappa shape index (κ3) is 5.27. The van der Waals surface area contributed by atoms with Crippen LogP contribution >= 0.6 is 15.9 Å². The second kappa shape index (κ2) is 7.49. The quantitative estimate of drug-likeness (QED) is 0.628. The molecule has 0 saturated heterocycles. The lowest BCUT2D eigenvalue weighted by atomic mass is 10.1. The molecule has 8 heteroatoms. The molecule has 0 heterocycles. The van der Waals surface area contributed by atoms with E-state index in [2.05, 4.69) is 26.6 Å². The van der Waals surface area contributed by atoms with Crippen LogP contribution in [0.25, 0.3) is 0 Å². The van der Waals surface area contributed by atoms with Gasteiger partial charge in [-0.2, -0.15) is 0 Å². The van der Waals surface area contributed by atoms with Crippen molar-refractivity contribution in [1.29, 1.82) is 0 Å². The second-order valence-electron chi connectivity index (χ2n) is 3.90. The van der Waals surface area contributed by atoms with Crippen molar-refractivity contribution in [2.45, 2.75) is 18.9 Å². The third-order valence-corrected chi connectivity index (χ3v) is 3.06. The molecule has 1 aromatic rings. The average Bonchev–Trinajstić information content (AvgIpc) is 2.36. The number of rotatable bonds is 6. The molecule has 0 unspecified atom stereocenters. The van der Waals surface area contributed by atoms with Gasteiger partial charge in [-0.3, -0.25) is 4.79 Å². The molecule has 0 aliphatic heterocycles. The van der Waals surface area contributed by atoms with Crippen molar-refractivity contribution in [1.82, 2.24) is 5.32 Å². The number of carboxylic acids is 2. The second-order valence-corrected chi connectivity index (χ2v) is 4.76. The smallest absolute Gasteiger partial charge is 0.326 e. The number of para-hydroxylation sites is 1. The maximum atomic E-state index is 11.7. The Morgan fingerprint density at radius 1 is 1.20 bits per heavy atom. The maximum absolute atomic E-state index is 11.7. The zero-order valence-electron chi connectivity index (χ0n) is 10.3. The van der Waals surface area contributed by atoms with Gasteiger partial charge in [-0.05, 0) is 34.5 Å². The number of anilines is 1. The summed E-state index contributed by atoms with van der Waals surface area (Å²) < 4.78 is 0.646. The molecule has 0 fully saturated rings. The number of nitrogens with one attached hydrogen (secondary N) is 2. The van der Waals surface area contributed by atoms with Crippen LogP contribution in [-0.4, -0.2) is 34.2 Å². The fourth-order valence-electron chi connectivity index (χ4n) is 1.40. The van der Waals surface area contributed by atoms with E-state index in [1.807, 2.05) is 0 Å². The molecule has 0 spiro atoms. The summed E-state index contributed by atoms with van der Waals surface area (Å²) in [5, 5.41) is 22.1. The zero-order chi connectivity index (χ0) is 15.1. The first-order chi connectivity index (χ1) is 9.40. The van der Waals surface area contributed by atoms with Gasteiger partial charge in [-0.25, -0.2) is 9.59 Å². The van der Waals surface area contributed by atoms with E-state index in [1.54, 1.807) is 24.3 Å². The van der Waals surface area contributed by atoms with Crippen molar-refractivity contribution in [3.63, 3.8) is 0 Å². The molecule has 0 saturated carbocycles. The van der Waals surface area contributed by atoms with Crippen LogP contribution in [0.1, 0.15) is 12.8 Å². The van der Waals surface area contributed by atoms with Crippen LogP contribution in [0.4, 0.5) is 10.5 Å². The van der Waals surface area contributed by atoms with Gasteiger partial charge in [0, 0.05) is 10.9 Å². The number of benzene rings is 1. The molecular weight excluding hydrogens is 332 g/mol. The molecule has 0 bridgehead atoms. The monoisotopic (exact) mass is 344 g/mol. The topological polar surface area (TPSA) is 116 Å². The highest BCUT2D eigenvalue weighted by Gasteiger charge is 2.21. The Kier molecular flexibility index (Phi) is 5.98. The van der Waals surface area contributed by atoms with Gasteiger partial charge in [0.05, 0.1) is 5.69 Å². The summed E-state index contributed by atoms with van der Waals surface area (Å²) in [5.74, 6) is -2.40. The minimum atomic E-state index is -1.28. The Bertz CT molecular complexity index is 520. The Balaban J connectivity index is 2.60. The van der Waals surface area contributed by atoms with Gasteiger partial charge in [-0.1, -0.05) is 12.1 Å². The summed E-state index contributed by atoms with van der Waals surface area (Å²) in [6.07, 6.45) is -0.527. The van der Waals surface area contributed by atoms with E-state index in [1.165, 1.54) is 0 Å². The summed E-state index contributed by atoms with van der Waals surface area (Å²) in [6.45, 7) is 0. The maximum Gasteiger partial charge on any atom is 0.326 e. The van der Waals surface area contributed by atoms with Gasteiger partial charge < -0.3 is 20.8 Å². The average molecular weight is 345 g/mol. The lowest BCUT2D eigenvalue weighted by molar-refractivity contribution is -0.140. The predicted molar refractivity (Wildman–Crippen MR) is 74.6 cm³/mol. The largest absolute Gasteiger partial charge is 0.481 e. The fourth-order valence-corrected chi connectivity index (χ4v) is 1.79. The van der Waals surface area contributed by atoms with Crippen LogP contribution in [0.2, 0.25) is 0 Å². The van der Waals surface area contributed by atoms with Gasteiger partial charge >= 0.3 is 18.0 Å². The molecule has 1 aromatic carbocycles. The van der Waals surface area contributed by atoms with Crippen LogP contribution < -0.4 is 10.6 Å². The van der Waals surface area contributed by atoms with E-state index in [0.717, 1.165) is 0 Å². The molecule has 0 aliphatic rings. The lowest BCUT2D eigenvalue weighted by Gasteiger charge is -2.14. The third-order valence-electron chi connectivity index (χ3n) is 2.37. The standard InChI is InChI=1S/C12H13BrN2O5/c13-7-3-1-2-4-8(7)14-12(20)15-9(11(18)19)5-6-10(16)17/h1-4,9H,5-6H2,(H,16,17)(H,18,19)(H2,14,15,20)/t9-/m0/s1. The number of carbonyl (C=O) groups is 3. The first-order valence-electron chi connectivity index (χ1n) is 5.67. The molecule has 0 aromatic heterocycles. The SMILES string of the molecule is O=C(O)CC[C@H](NC(=O)Nc1ccccc1Br)C(=O)O. The lowest BCUT2D eigenvalue weighted by Crippen LogP contribution is -2.43.